The van der Waals surface area contributed by atoms with Crippen LogP contribution in [0.15, 0.2) is 0 Å². The highest BCUT2D eigenvalue weighted by molar-refractivity contribution is 4.81. The number of rotatable bonds is 7. The average Bonchev–Trinajstić information content (AvgIpc) is 3.56. The van der Waals surface area contributed by atoms with Crippen molar-refractivity contribution in [3.8, 4) is 0 Å². The Balaban J connectivity index is 0.000000146. The monoisotopic (exact) mass is 352 g/mol. The Labute approximate surface area is 155 Å². The van der Waals surface area contributed by atoms with Crippen molar-refractivity contribution in [3.05, 3.63) is 0 Å². The van der Waals surface area contributed by atoms with Gasteiger partial charge in [-0.25, -0.2) is 0 Å². The molecule has 6 atom stereocenters. The first kappa shape index (κ1) is 19.6. The van der Waals surface area contributed by atoms with Gasteiger partial charge in [-0.3, -0.25) is 0 Å². The summed E-state index contributed by atoms with van der Waals surface area (Å²) < 4.78 is 16.3. The van der Waals surface area contributed by atoms with Gasteiger partial charge >= 0.3 is 0 Å². The molecule has 0 aromatic rings. The highest BCUT2D eigenvalue weighted by Crippen LogP contribution is 2.37. The van der Waals surface area contributed by atoms with E-state index in [-0.39, 0.29) is 0 Å². The minimum absolute atomic E-state index is 0.430. The Morgan fingerprint density at radius 2 is 1.28 bits per heavy atom. The summed E-state index contributed by atoms with van der Waals surface area (Å²) >= 11 is 0. The molecule has 2 aliphatic heterocycles. The molecule has 6 unspecified atom stereocenters. The molecule has 0 N–H and O–H groups in total. The maximum atomic E-state index is 5.89. The van der Waals surface area contributed by atoms with Crippen molar-refractivity contribution >= 4 is 0 Å². The Kier molecular flexibility index (Phi) is 8.07. The van der Waals surface area contributed by atoms with Crippen LogP contribution < -0.4 is 0 Å². The molecule has 2 saturated heterocycles. The molecule has 0 amide bonds. The summed E-state index contributed by atoms with van der Waals surface area (Å²) in [5, 5.41) is 0. The standard InChI is InChI=1S/C11H20O2.C11H20O/c1-2-9-5-3-4-6-11(9)13-8-10-7-12-10;1-2-9-5-3-4-6-10(9)7-11-8-12-11/h9-11H,2-8H2,1H3;9-11H,2-8H2,1H3. The fourth-order valence-electron chi connectivity index (χ4n) is 4.93. The van der Waals surface area contributed by atoms with E-state index in [1.807, 2.05) is 0 Å². The van der Waals surface area contributed by atoms with E-state index in [1.54, 1.807) is 0 Å². The lowest BCUT2D eigenvalue weighted by molar-refractivity contribution is -0.0181. The molecule has 0 bridgehead atoms. The van der Waals surface area contributed by atoms with Crippen LogP contribution in [0.4, 0.5) is 0 Å². The summed E-state index contributed by atoms with van der Waals surface area (Å²) in [4.78, 5) is 0. The minimum Gasteiger partial charge on any atom is -0.375 e. The van der Waals surface area contributed by atoms with Gasteiger partial charge in [0.05, 0.1) is 32.0 Å². The third-order valence-corrected chi connectivity index (χ3v) is 6.82. The normalized spacial score (nSPS) is 40.1. The molecular weight excluding hydrogens is 312 g/mol. The van der Waals surface area contributed by atoms with Crippen molar-refractivity contribution in [1.29, 1.82) is 0 Å². The Morgan fingerprint density at radius 3 is 1.88 bits per heavy atom. The van der Waals surface area contributed by atoms with Gasteiger partial charge < -0.3 is 14.2 Å². The van der Waals surface area contributed by atoms with E-state index in [1.165, 1.54) is 70.6 Å². The number of epoxide rings is 2. The number of ether oxygens (including phenoxy) is 3. The van der Waals surface area contributed by atoms with Crippen molar-refractivity contribution in [2.45, 2.75) is 103 Å². The maximum absolute atomic E-state index is 5.89. The first-order valence-corrected chi connectivity index (χ1v) is 11.1. The van der Waals surface area contributed by atoms with E-state index in [0.717, 1.165) is 37.6 Å². The third-order valence-electron chi connectivity index (χ3n) is 6.82. The van der Waals surface area contributed by atoms with Crippen LogP contribution in [-0.2, 0) is 14.2 Å². The molecule has 2 heterocycles. The molecule has 4 rings (SSSR count). The van der Waals surface area contributed by atoms with Crippen LogP contribution in [0.3, 0.4) is 0 Å². The Bertz CT molecular complexity index is 364. The molecule has 25 heavy (non-hydrogen) atoms. The van der Waals surface area contributed by atoms with Gasteiger partial charge in [-0.2, -0.15) is 0 Å². The first-order valence-electron chi connectivity index (χ1n) is 11.1. The van der Waals surface area contributed by atoms with E-state index in [2.05, 4.69) is 13.8 Å². The topological polar surface area (TPSA) is 34.3 Å². The van der Waals surface area contributed by atoms with Gasteiger partial charge in [-0.1, -0.05) is 65.2 Å². The van der Waals surface area contributed by atoms with E-state index >= 15 is 0 Å². The quantitative estimate of drug-likeness (QED) is 0.578. The summed E-state index contributed by atoms with van der Waals surface area (Å²) in [5.74, 6) is 2.83. The van der Waals surface area contributed by atoms with Crippen LogP contribution in [0.5, 0.6) is 0 Å². The fraction of sp³-hybridized carbons (Fsp3) is 1.00. The van der Waals surface area contributed by atoms with E-state index < -0.39 is 0 Å². The zero-order chi connectivity index (χ0) is 17.5. The number of hydrogen-bond acceptors (Lipinski definition) is 3. The van der Waals surface area contributed by atoms with Gasteiger partial charge in [0, 0.05) is 0 Å². The summed E-state index contributed by atoms with van der Waals surface area (Å²) in [7, 11) is 0. The van der Waals surface area contributed by atoms with E-state index in [9.17, 15) is 0 Å². The van der Waals surface area contributed by atoms with Crippen molar-refractivity contribution < 1.29 is 14.2 Å². The second kappa shape index (κ2) is 10.3. The average molecular weight is 353 g/mol. The van der Waals surface area contributed by atoms with E-state index in [4.69, 9.17) is 14.2 Å². The molecule has 4 fully saturated rings. The van der Waals surface area contributed by atoms with Gasteiger partial charge in [-0.15, -0.1) is 0 Å². The molecule has 3 nitrogen and oxygen atoms in total. The molecule has 146 valence electrons. The molecule has 4 aliphatic rings. The minimum atomic E-state index is 0.430. The molecule has 2 aliphatic carbocycles. The Morgan fingerprint density at radius 1 is 0.720 bits per heavy atom. The second-order valence-electron chi connectivity index (χ2n) is 8.68. The zero-order valence-corrected chi connectivity index (χ0v) is 16.6. The molecule has 0 spiro atoms. The molecular formula is C22H40O3. The molecule has 3 heteroatoms. The molecule has 0 aromatic heterocycles. The largest absolute Gasteiger partial charge is 0.375 e. The van der Waals surface area contributed by atoms with Crippen LogP contribution in [0.1, 0.15) is 84.5 Å². The highest BCUT2D eigenvalue weighted by atomic mass is 16.6. The third kappa shape index (κ3) is 6.84. The zero-order valence-electron chi connectivity index (χ0n) is 16.6. The van der Waals surface area contributed by atoms with Gasteiger partial charge in [0.1, 0.15) is 6.10 Å². The summed E-state index contributed by atoms with van der Waals surface area (Å²) in [6.07, 6.45) is 16.9. The second-order valence-corrected chi connectivity index (χ2v) is 8.68. The summed E-state index contributed by atoms with van der Waals surface area (Å²) in [6.45, 7) is 7.42. The number of hydrogen-bond donors (Lipinski definition) is 0. The van der Waals surface area contributed by atoms with Crippen LogP contribution >= 0.6 is 0 Å². The van der Waals surface area contributed by atoms with Crippen LogP contribution in [0.25, 0.3) is 0 Å². The lowest BCUT2D eigenvalue weighted by Gasteiger charge is -2.30. The summed E-state index contributed by atoms with van der Waals surface area (Å²) in [5.41, 5.74) is 0. The maximum Gasteiger partial charge on any atom is 0.104 e. The van der Waals surface area contributed by atoms with Crippen LogP contribution in [-0.4, -0.2) is 38.1 Å². The van der Waals surface area contributed by atoms with Gasteiger partial charge in [0.2, 0.25) is 0 Å². The van der Waals surface area contributed by atoms with Crippen molar-refractivity contribution in [2.24, 2.45) is 17.8 Å². The molecule has 0 radical (unpaired) electrons. The SMILES string of the molecule is CCC1CCCCC1CC1CO1.CCC1CCCCC1OCC1CO1. The predicted octanol–water partition coefficient (Wildman–Crippen LogP) is 5.36. The predicted molar refractivity (Wildman–Crippen MR) is 102 cm³/mol. The van der Waals surface area contributed by atoms with Crippen LogP contribution in [0, 0.1) is 17.8 Å². The van der Waals surface area contributed by atoms with E-state index in [0.29, 0.717) is 18.3 Å². The lowest BCUT2D eigenvalue weighted by atomic mass is 9.76. The highest BCUT2D eigenvalue weighted by Gasteiger charge is 2.31. The lowest BCUT2D eigenvalue weighted by Crippen LogP contribution is -2.28. The van der Waals surface area contributed by atoms with Crippen LogP contribution in [0.2, 0.25) is 0 Å². The summed E-state index contributed by atoms with van der Waals surface area (Å²) in [6, 6.07) is 0. The fourth-order valence-corrected chi connectivity index (χ4v) is 4.93. The van der Waals surface area contributed by atoms with Crippen molar-refractivity contribution in [2.75, 3.05) is 19.8 Å². The smallest absolute Gasteiger partial charge is 0.104 e. The van der Waals surface area contributed by atoms with Crippen molar-refractivity contribution in [3.63, 3.8) is 0 Å². The van der Waals surface area contributed by atoms with Gasteiger partial charge in [0.25, 0.3) is 0 Å². The molecule has 0 aromatic carbocycles. The first-order chi connectivity index (χ1) is 12.3. The van der Waals surface area contributed by atoms with Gasteiger partial charge in [-0.05, 0) is 37.0 Å². The Hall–Kier alpha value is -0.120. The van der Waals surface area contributed by atoms with Crippen molar-refractivity contribution in [1.82, 2.24) is 0 Å². The van der Waals surface area contributed by atoms with Gasteiger partial charge in [0.15, 0.2) is 0 Å². The molecule has 2 saturated carbocycles.